The number of H-pyrrole nitrogens is 2. The molecule has 12 heteroatoms. The van der Waals surface area contributed by atoms with Gasteiger partial charge in [-0.1, -0.05) is 150 Å². The number of hydrogen-bond acceptors (Lipinski definition) is 6. The van der Waals surface area contributed by atoms with E-state index in [1.807, 2.05) is 173 Å². The van der Waals surface area contributed by atoms with Gasteiger partial charge in [-0.15, -0.1) is 0 Å². The Balaban J connectivity index is 1.37. The molecule has 12 nitrogen and oxygen atoms in total. The summed E-state index contributed by atoms with van der Waals surface area (Å²) < 4.78 is 0. The average Bonchev–Trinajstić information content (AvgIpc) is 4.29. The monoisotopic (exact) mass is 1010 g/mol. The second-order valence-corrected chi connectivity index (χ2v) is 19.7. The van der Waals surface area contributed by atoms with Crippen LogP contribution in [0.2, 0.25) is 0 Å². The van der Waals surface area contributed by atoms with E-state index in [1.165, 1.54) is 0 Å². The van der Waals surface area contributed by atoms with Crippen LogP contribution in [0.1, 0.15) is 148 Å². The lowest BCUT2D eigenvalue weighted by Crippen LogP contribution is -2.11. The quantitative estimate of drug-likeness (QED) is 0.0426. The van der Waals surface area contributed by atoms with Gasteiger partial charge >= 0.3 is 23.9 Å². The lowest BCUT2D eigenvalue weighted by atomic mass is 9.92. The van der Waals surface area contributed by atoms with Crippen LogP contribution in [-0.4, -0.2) is 64.2 Å². The smallest absolute Gasteiger partial charge is 0.310 e. The first-order valence-corrected chi connectivity index (χ1v) is 26.3. The van der Waals surface area contributed by atoms with Crippen molar-refractivity contribution in [3.05, 3.63) is 166 Å². The van der Waals surface area contributed by atoms with Gasteiger partial charge in [-0.2, -0.15) is 0 Å². The zero-order valence-corrected chi connectivity index (χ0v) is 43.1. The standard InChI is InChI=1S/C64H62N4O8/c1-5-9-45(61(69)70)37-13-21-41(22-14-37)57-49-29-31-51(65-49)58(42-23-15-38(16-24-42)46(10-6-2)62(71)72)53-33-35-55(67-53)60(44-27-19-40(20-28-44)48(12-8-4)64(75)76)56-36-34-54(68-56)59(52-32-30-50(57)66-52)43-25-17-39(18-26-43)47(11-7-3)63(73)74/h13-36,45-48,65,68H,5-12H2,1-4H3,(H,69,70)(H,71,72)(H,73,74)(H,75,76). The van der Waals surface area contributed by atoms with Crippen LogP contribution in [0.4, 0.5) is 0 Å². The largest absolute Gasteiger partial charge is 0.481 e. The molecule has 7 aromatic rings. The number of carbonyl (C=O) groups is 4. The second kappa shape index (κ2) is 22.9. The Morgan fingerprint density at radius 3 is 0.711 bits per heavy atom. The molecule has 386 valence electrons. The van der Waals surface area contributed by atoms with E-state index in [-0.39, 0.29) is 0 Å². The molecule has 4 atom stereocenters. The summed E-state index contributed by atoms with van der Waals surface area (Å²) in [5.41, 5.74) is 14.6. The molecule has 6 N–H and O–H groups in total. The summed E-state index contributed by atoms with van der Waals surface area (Å²) in [7, 11) is 0. The van der Waals surface area contributed by atoms with Gasteiger partial charge in [-0.05, 0) is 119 Å². The van der Waals surface area contributed by atoms with Crippen molar-refractivity contribution in [1.29, 1.82) is 0 Å². The summed E-state index contributed by atoms with van der Waals surface area (Å²) in [5.74, 6) is -6.14. The van der Waals surface area contributed by atoms with Gasteiger partial charge in [-0.3, -0.25) is 19.2 Å². The molecule has 0 saturated heterocycles. The molecule has 2 aliphatic rings. The van der Waals surface area contributed by atoms with Crippen LogP contribution in [0.25, 0.3) is 90.9 Å². The molecule has 0 saturated carbocycles. The topological polar surface area (TPSA) is 207 Å². The molecule has 4 unspecified atom stereocenters. The summed E-state index contributed by atoms with van der Waals surface area (Å²) in [4.78, 5) is 68.0. The third-order valence-corrected chi connectivity index (χ3v) is 14.7. The maximum absolute atomic E-state index is 12.4. The molecule has 2 aliphatic heterocycles. The van der Waals surface area contributed by atoms with Crippen LogP contribution in [0.5, 0.6) is 0 Å². The highest BCUT2D eigenvalue weighted by Gasteiger charge is 2.25. The number of rotatable bonds is 20. The van der Waals surface area contributed by atoms with E-state index in [0.717, 1.165) is 66.6 Å². The first kappa shape index (κ1) is 52.2. The van der Waals surface area contributed by atoms with Crippen molar-refractivity contribution in [2.45, 2.75) is 103 Å². The zero-order valence-electron chi connectivity index (χ0n) is 43.1. The molecular formula is C64H62N4O8. The minimum absolute atomic E-state index is 0.499. The van der Waals surface area contributed by atoms with Crippen molar-refractivity contribution in [2.75, 3.05) is 0 Å². The number of aromatic nitrogens is 4. The molecule has 0 aliphatic carbocycles. The molecule has 3 aromatic heterocycles. The van der Waals surface area contributed by atoms with Crippen molar-refractivity contribution in [2.24, 2.45) is 0 Å². The average molecular weight is 1020 g/mol. The summed E-state index contributed by atoms with van der Waals surface area (Å²) in [6.07, 6.45) is 12.7. The fourth-order valence-corrected chi connectivity index (χ4v) is 10.8. The third kappa shape index (κ3) is 10.7. The molecular weight excluding hydrogens is 953 g/mol. The number of benzene rings is 4. The van der Waals surface area contributed by atoms with Gasteiger partial charge in [0.05, 0.1) is 46.4 Å². The Labute approximate surface area is 441 Å². The molecule has 9 rings (SSSR count). The molecule has 0 fully saturated rings. The van der Waals surface area contributed by atoms with E-state index >= 15 is 0 Å². The van der Waals surface area contributed by atoms with E-state index in [4.69, 9.17) is 9.97 Å². The lowest BCUT2D eigenvalue weighted by molar-refractivity contribution is -0.140. The van der Waals surface area contributed by atoms with Crippen LogP contribution < -0.4 is 0 Å². The highest BCUT2D eigenvalue weighted by molar-refractivity contribution is 6.00. The number of carboxylic acids is 4. The molecule has 8 bridgehead atoms. The van der Waals surface area contributed by atoms with Gasteiger partial charge < -0.3 is 30.4 Å². The summed E-state index contributed by atoms with van der Waals surface area (Å²) in [6, 6.07) is 38.5. The lowest BCUT2D eigenvalue weighted by Gasteiger charge is -2.13. The molecule has 76 heavy (non-hydrogen) atoms. The van der Waals surface area contributed by atoms with Gasteiger partial charge in [0.1, 0.15) is 0 Å². The van der Waals surface area contributed by atoms with Crippen molar-refractivity contribution in [3.8, 4) is 44.5 Å². The first-order valence-electron chi connectivity index (χ1n) is 26.3. The van der Waals surface area contributed by atoms with Crippen LogP contribution >= 0.6 is 0 Å². The van der Waals surface area contributed by atoms with Crippen LogP contribution in [0, 0.1) is 0 Å². The number of aromatic amines is 2. The first-order chi connectivity index (χ1) is 36.8. The zero-order chi connectivity index (χ0) is 53.6. The predicted molar refractivity (Wildman–Crippen MR) is 302 cm³/mol. The Kier molecular flexibility index (Phi) is 15.7. The molecule has 4 aromatic carbocycles. The van der Waals surface area contributed by atoms with Gasteiger partial charge in [0, 0.05) is 44.3 Å². The number of hydrogen-bond donors (Lipinski definition) is 6. The number of aliphatic carboxylic acids is 4. The molecule has 0 spiro atoms. The Hall–Kier alpha value is -8.64. The van der Waals surface area contributed by atoms with Gasteiger partial charge in [-0.25, -0.2) is 9.97 Å². The fraction of sp³-hybridized carbons (Fsp3) is 0.250. The summed E-state index contributed by atoms with van der Waals surface area (Å²) in [5, 5.41) is 40.7. The van der Waals surface area contributed by atoms with Crippen molar-refractivity contribution in [3.63, 3.8) is 0 Å². The maximum atomic E-state index is 12.4. The van der Waals surface area contributed by atoms with Crippen molar-refractivity contribution < 1.29 is 39.6 Å². The van der Waals surface area contributed by atoms with Crippen LogP contribution in [-0.2, 0) is 19.2 Å². The number of nitrogens with one attached hydrogen (secondary N) is 2. The van der Waals surface area contributed by atoms with E-state index in [9.17, 15) is 39.6 Å². The highest BCUT2D eigenvalue weighted by atomic mass is 16.4. The summed E-state index contributed by atoms with van der Waals surface area (Å²) in [6.45, 7) is 7.89. The number of carboxylic acid groups (broad SMARTS) is 4. The van der Waals surface area contributed by atoms with E-state index in [2.05, 4.69) is 9.97 Å². The Morgan fingerprint density at radius 2 is 0.539 bits per heavy atom. The van der Waals surface area contributed by atoms with E-state index in [0.29, 0.717) is 96.4 Å². The predicted octanol–water partition coefficient (Wildman–Crippen LogP) is 15.2. The van der Waals surface area contributed by atoms with Crippen LogP contribution in [0.3, 0.4) is 0 Å². The maximum Gasteiger partial charge on any atom is 0.310 e. The van der Waals surface area contributed by atoms with Gasteiger partial charge in [0.25, 0.3) is 0 Å². The van der Waals surface area contributed by atoms with Crippen molar-refractivity contribution >= 4 is 70.2 Å². The van der Waals surface area contributed by atoms with Crippen LogP contribution in [0.15, 0.2) is 121 Å². The van der Waals surface area contributed by atoms with Crippen molar-refractivity contribution in [1.82, 2.24) is 19.9 Å². The summed E-state index contributed by atoms with van der Waals surface area (Å²) >= 11 is 0. The number of nitrogens with zero attached hydrogens (tertiary/aromatic N) is 2. The third-order valence-electron chi connectivity index (χ3n) is 14.7. The van der Waals surface area contributed by atoms with E-state index < -0.39 is 47.5 Å². The minimum Gasteiger partial charge on any atom is -0.481 e. The van der Waals surface area contributed by atoms with E-state index in [1.54, 1.807) is 0 Å². The molecule has 5 heterocycles. The number of fused-ring (bicyclic) bond motifs is 8. The normalized spacial score (nSPS) is 13.5. The fourth-order valence-electron chi connectivity index (χ4n) is 10.8. The second-order valence-electron chi connectivity index (χ2n) is 19.7. The Morgan fingerprint density at radius 1 is 0.342 bits per heavy atom. The van der Waals surface area contributed by atoms with Gasteiger partial charge in [0.2, 0.25) is 0 Å². The van der Waals surface area contributed by atoms with Gasteiger partial charge in [0.15, 0.2) is 0 Å². The molecule has 0 radical (unpaired) electrons. The minimum atomic E-state index is -0.876. The molecule has 0 amide bonds. The Bertz CT molecular complexity index is 3090. The SMILES string of the molecule is CCCC(C(=O)O)c1ccc(-c2c3nc(c(-c4ccc(C(CCC)C(=O)O)cc4)c4ccc([nH]4)c(-c4ccc(C(CCC)C(=O)O)cc4)c4nc(c(-c5ccc(C(CCC)C(=O)O)cc5)c5ccc2[nH]5)C=C4)C=C3)cc1. The highest BCUT2D eigenvalue weighted by Crippen LogP contribution is 2.40.